The summed E-state index contributed by atoms with van der Waals surface area (Å²) in [5, 5.41) is 7.13. The van der Waals surface area contributed by atoms with Gasteiger partial charge in [0.05, 0.1) is 6.04 Å². The van der Waals surface area contributed by atoms with Gasteiger partial charge in [-0.3, -0.25) is 14.4 Å². The summed E-state index contributed by atoms with van der Waals surface area (Å²) < 4.78 is 0. The molecule has 9 heteroatoms. The Kier molecular flexibility index (Phi) is 9.12. The van der Waals surface area contributed by atoms with Gasteiger partial charge in [0.15, 0.2) is 5.17 Å². The molecule has 2 N–H and O–H groups in total. The third kappa shape index (κ3) is 6.65. The second-order valence-electron chi connectivity index (χ2n) is 5.35. The number of hydrogen-bond donors (Lipinski definition) is 2. The van der Waals surface area contributed by atoms with E-state index in [1.54, 1.807) is 0 Å². The Hall–Kier alpha value is -1.28. The standard InChI is InChI=1S/C13H22N4O3S.ClH/c1-8(2)7-10(14-9(3)18)11(19)12(20)15-16-13-17(4)5-6-21-13;/h8,10H,5-7H2,1-4H3,(H,14,18)(H,15,20);1H/t10-;/m0./s1. The smallest absolute Gasteiger partial charge is 0.309 e. The highest BCUT2D eigenvalue weighted by atomic mass is 35.5. The Balaban J connectivity index is 0.00000441. The third-order valence-corrected chi connectivity index (χ3v) is 3.91. The van der Waals surface area contributed by atoms with E-state index in [-0.39, 0.29) is 24.2 Å². The highest BCUT2D eigenvalue weighted by Crippen LogP contribution is 2.14. The van der Waals surface area contributed by atoms with E-state index in [1.165, 1.54) is 18.7 Å². The number of hydrazone groups is 1. The van der Waals surface area contributed by atoms with E-state index in [1.807, 2.05) is 25.8 Å². The lowest BCUT2D eigenvalue weighted by atomic mass is 10.00. The van der Waals surface area contributed by atoms with Crippen LogP contribution in [0.25, 0.3) is 0 Å². The van der Waals surface area contributed by atoms with Crippen molar-refractivity contribution in [3.05, 3.63) is 0 Å². The van der Waals surface area contributed by atoms with Crippen molar-refractivity contribution >= 4 is 46.9 Å². The summed E-state index contributed by atoms with van der Waals surface area (Å²) in [6.07, 6.45) is 0.414. The highest BCUT2D eigenvalue weighted by molar-refractivity contribution is 8.14. The van der Waals surface area contributed by atoms with Crippen LogP contribution in [0.15, 0.2) is 5.10 Å². The summed E-state index contributed by atoms with van der Waals surface area (Å²) in [7, 11) is 1.87. The van der Waals surface area contributed by atoms with E-state index >= 15 is 0 Å². The first kappa shape index (κ1) is 20.7. The summed E-state index contributed by atoms with van der Waals surface area (Å²) in [6.45, 7) is 6.02. The minimum atomic E-state index is -0.809. The molecular formula is C13H23ClN4O3S. The van der Waals surface area contributed by atoms with Gasteiger partial charge in [0.1, 0.15) is 0 Å². The van der Waals surface area contributed by atoms with E-state index in [0.29, 0.717) is 11.6 Å². The summed E-state index contributed by atoms with van der Waals surface area (Å²) >= 11 is 1.51. The predicted octanol–water partition coefficient (Wildman–Crippen LogP) is 0.594. The largest absolute Gasteiger partial charge is 0.352 e. The number of nitrogens with zero attached hydrogens (tertiary/aromatic N) is 2. The van der Waals surface area contributed by atoms with Crippen molar-refractivity contribution in [1.29, 1.82) is 0 Å². The Bertz CT molecular complexity index is 457. The minimum Gasteiger partial charge on any atom is -0.352 e. The average Bonchev–Trinajstić information content (AvgIpc) is 2.78. The summed E-state index contributed by atoms with van der Waals surface area (Å²) in [6, 6.07) is -0.809. The molecule has 1 fully saturated rings. The van der Waals surface area contributed by atoms with Gasteiger partial charge in [-0.05, 0) is 12.3 Å². The molecule has 0 aromatic heterocycles. The van der Waals surface area contributed by atoms with Crippen molar-refractivity contribution in [2.45, 2.75) is 33.2 Å². The number of nitrogens with one attached hydrogen (secondary N) is 2. The number of hydrogen-bond acceptors (Lipinski definition) is 5. The van der Waals surface area contributed by atoms with Crippen LogP contribution in [0.4, 0.5) is 0 Å². The Labute approximate surface area is 141 Å². The second kappa shape index (κ2) is 9.68. The first-order valence-corrected chi connectivity index (χ1v) is 7.82. The molecule has 22 heavy (non-hydrogen) atoms. The van der Waals surface area contributed by atoms with Crippen LogP contribution >= 0.6 is 24.2 Å². The van der Waals surface area contributed by atoms with Crippen LogP contribution < -0.4 is 10.7 Å². The molecule has 1 atom stereocenters. The lowest BCUT2D eigenvalue weighted by Crippen LogP contribution is -2.46. The van der Waals surface area contributed by atoms with E-state index < -0.39 is 17.7 Å². The summed E-state index contributed by atoms with van der Waals surface area (Å²) in [4.78, 5) is 37.0. The van der Waals surface area contributed by atoms with Gasteiger partial charge in [-0.2, -0.15) is 0 Å². The maximum atomic E-state index is 12.1. The number of amidine groups is 1. The van der Waals surface area contributed by atoms with Gasteiger partial charge in [0.2, 0.25) is 11.7 Å². The molecule has 1 rings (SSSR count). The van der Waals surface area contributed by atoms with Gasteiger partial charge in [-0.1, -0.05) is 25.6 Å². The van der Waals surface area contributed by atoms with Crippen molar-refractivity contribution < 1.29 is 14.4 Å². The molecule has 0 bridgehead atoms. The number of amides is 2. The molecule has 0 aliphatic carbocycles. The number of rotatable bonds is 6. The van der Waals surface area contributed by atoms with Crippen molar-refractivity contribution in [3.8, 4) is 0 Å². The van der Waals surface area contributed by atoms with E-state index in [2.05, 4.69) is 15.8 Å². The van der Waals surface area contributed by atoms with Crippen LogP contribution in [0.5, 0.6) is 0 Å². The van der Waals surface area contributed by atoms with E-state index in [9.17, 15) is 14.4 Å². The number of ketones is 1. The number of carbonyl (C=O) groups excluding carboxylic acids is 3. The molecule has 7 nitrogen and oxygen atoms in total. The second-order valence-corrected chi connectivity index (χ2v) is 6.41. The molecule has 0 unspecified atom stereocenters. The fourth-order valence-corrected chi connectivity index (χ4v) is 2.83. The average molecular weight is 351 g/mol. The zero-order valence-corrected chi connectivity index (χ0v) is 14.8. The molecule has 0 radical (unpaired) electrons. The lowest BCUT2D eigenvalue weighted by Gasteiger charge is -2.17. The number of carbonyl (C=O) groups is 3. The molecule has 126 valence electrons. The van der Waals surface area contributed by atoms with Gasteiger partial charge < -0.3 is 10.2 Å². The molecule has 1 aliphatic heterocycles. The molecular weight excluding hydrogens is 328 g/mol. The normalized spacial score (nSPS) is 17.1. The van der Waals surface area contributed by atoms with Crippen LogP contribution in [0.3, 0.4) is 0 Å². The zero-order valence-electron chi connectivity index (χ0n) is 13.2. The summed E-state index contributed by atoms with van der Waals surface area (Å²) in [5.41, 5.74) is 2.27. The minimum absolute atomic E-state index is 0. The lowest BCUT2D eigenvalue weighted by molar-refractivity contribution is -0.140. The van der Waals surface area contributed by atoms with Crippen LogP contribution in [0.2, 0.25) is 0 Å². The fraction of sp³-hybridized carbons (Fsp3) is 0.692. The first-order chi connectivity index (χ1) is 9.81. The molecule has 0 spiro atoms. The van der Waals surface area contributed by atoms with Crippen LogP contribution in [-0.2, 0) is 14.4 Å². The Morgan fingerprint density at radius 3 is 2.45 bits per heavy atom. The van der Waals surface area contributed by atoms with Gasteiger partial charge in [-0.25, -0.2) is 5.43 Å². The summed E-state index contributed by atoms with van der Waals surface area (Å²) in [5.74, 6) is -0.724. The maximum Gasteiger partial charge on any atom is 0.309 e. The molecule has 0 saturated carbocycles. The van der Waals surface area contributed by atoms with Crippen molar-refractivity contribution in [3.63, 3.8) is 0 Å². The topological polar surface area (TPSA) is 90.9 Å². The van der Waals surface area contributed by atoms with E-state index in [4.69, 9.17) is 0 Å². The van der Waals surface area contributed by atoms with Crippen molar-refractivity contribution in [2.75, 3.05) is 19.3 Å². The Morgan fingerprint density at radius 1 is 1.36 bits per heavy atom. The van der Waals surface area contributed by atoms with Crippen molar-refractivity contribution in [2.24, 2.45) is 11.0 Å². The van der Waals surface area contributed by atoms with Crippen LogP contribution in [-0.4, -0.2) is 53.1 Å². The number of thioether (sulfide) groups is 1. The van der Waals surface area contributed by atoms with Gasteiger partial charge in [-0.15, -0.1) is 17.5 Å². The van der Waals surface area contributed by atoms with Crippen molar-refractivity contribution in [1.82, 2.24) is 15.6 Å². The predicted molar refractivity (Wildman–Crippen MR) is 90.0 cm³/mol. The van der Waals surface area contributed by atoms with Crippen LogP contribution in [0, 0.1) is 5.92 Å². The van der Waals surface area contributed by atoms with Gasteiger partial charge in [0, 0.05) is 26.3 Å². The molecule has 2 amide bonds. The highest BCUT2D eigenvalue weighted by Gasteiger charge is 2.27. The van der Waals surface area contributed by atoms with Gasteiger partial charge >= 0.3 is 5.91 Å². The third-order valence-electron chi connectivity index (χ3n) is 2.86. The molecule has 0 aromatic carbocycles. The molecule has 0 aromatic rings. The number of Topliss-reactive ketones (excluding diaryl/α,β-unsaturated/α-hetero) is 1. The van der Waals surface area contributed by atoms with Gasteiger partial charge in [0.25, 0.3) is 0 Å². The SMILES string of the molecule is CC(=O)N[C@@H](CC(C)C)C(=O)C(=O)NN=C1SCCN1C.Cl. The Morgan fingerprint density at radius 2 is 2.00 bits per heavy atom. The molecule has 1 aliphatic rings. The quantitative estimate of drug-likeness (QED) is 0.540. The zero-order chi connectivity index (χ0) is 16.0. The monoisotopic (exact) mass is 350 g/mol. The molecule has 1 heterocycles. The fourth-order valence-electron chi connectivity index (χ4n) is 1.86. The van der Waals surface area contributed by atoms with Crippen LogP contribution in [0.1, 0.15) is 27.2 Å². The molecule has 1 saturated heterocycles. The maximum absolute atomic E-state index is 12.1. The van der Waals surface area contributed by atoms with E-state index in [0.717, 1.165) is 12.3 Å². The first-order valence-electron chi connectivity index (χ1n) is 6.84. The number of halogens is 1.